The maximum absolute atomic E-state index is 12.3. The predicted molar refractivity (Wildman–Crippen MR) is 73.2 cm³/mol. The number of rotatable bonds is 3. The molecule has 1 N–H and O–H groups in total. The number of nitrogens with one attached hydrogen (secondary N) is 1. The molecular formula is C14H14N2O2S. The average molecular weight is 274 g/mol. The summed E-state index contributed by atoms with van der Waals surface area (Å²) >= 11 is 0.916. The lowest BCUT2D eigenvalue weighted by Crippen LogP contribution is -2.56. The second kappa shape index (κ2) is 5.45. The summed E-state index contributed by atoms with van der Waals surface area (Å²) in [4.78, 5) is 24.0. The summed E-state index contributed by atoms with van der Waals surface area (Å²) in [7, 11) is 0. The molecule has 2 amide bonds. The minimum atomic E-state index is -0.719. The number of thiocyanates is 1. The van der Waals surface area contributed by atoms with Gasteiger partial charge in [0.1, 0.15) is 5.40 Å². The minimum Gasteiger partial charge on any atom is -0.295 e. The standard InChI is InChI=1S/C14H14N2O2S/c1-2-14(10-6-4-3-5-7-10)8-11(19-9-15)12(17)16-13(14)18/h3-7,11H,2,8H2,1H3,(H,16,17,18). The highest BCUT2D eigenvalue weighted by molar-refractivity contribution is 8.05. The molecule has 1 saturated heterocycles. The average Bonchev–Trinajstić information content (AvgIpc) is 2.43. The molecule has 0 aromatic heterocycles. The molecule has 0 bridgehead atoms. The van der Waals surface area contributed by atoms with E-state index in [4.69, 9.17) is 5.26 Å². The summed E-state index contributed by atoms with van der Waals surface area (Å²) in [6.45, 7) is 1.93. The molecule has 1 aromatic rings. The molecule has 19 heavy (non-hydrogen) atoms. The van der Waals surface area contributed by atoms with Crippen LogP contribution >= 0.6 is 11.8 Å². The number of amides is 2. The second-order valence-corrected chi connectivity index (χ2v) is 5.51. The fraction of sp³-hybridized carbons (Fsp3) is 0.357. The first-order chi connectivity index (χ1) is 9.14. The highest BCUT2D eigenvalue weighted by Crippen LogP contribution is 2.38. The van der Waals surface area contributed by atoms with Crippen LogP contribution < -0.4 is 5.32 Å². The molecule has 1 aromatic carbocycles. The molecule has 2 atom stereocenters. The van der Waals surface area contributed by atoms with Gasteiger partial charge in [-0.1, -0.05) is 37.3 Å². The zero-order valence-corrected chi connectivity index (χ0v) is 11.4. The third-order valence-electron chi connectivity index (χ3n) is 3.62. The van der Waals surface area contributed by atoms with Crippen LogP contribution in [0.2, 0.25) is 0 Å². The van der Waals surface area contributed by atoms with Crippen molar-refractivity contribution in [2.45, 2.75) is 30.4 Å². The molecule has 4 nitrogen and oxygen atoms in total. The lowest BCUT2D eigenvalue weighted by molar-refractivity contribution is -0.137. The number of nitrogens with zero attached hydrogens (tertiary/aromatic N) is 1. The van der Waals surface area contributed by atoms with Crippen molar-refractivity contribution in [2.75, 3.05) is 0 Å². The number of carbonyl (C=O) groups excluding carboxylic acids is 2. The van der Waals surface area contributed by atoms with Crippen LogP contribution in [0.15, 0.2) is 30.3 Å². The van der Waals surface area contributed by atoms with Crippen LogP contribution in [-0.2, 0) is 15.0 Å². The third-order valence-corrected chi connectivity index (χ3v) is 4.39. The summed E-state index contributed by atoms with van der Waals surface area (Å²) in [6.07, 6.45) is 0.967. The molecule has 1 fully saturated rings. The van der Waals surface area contributed by atoms with E-state index in [0.717, 1.165) is 17.3 Å². The monoisotopic (exact) mass is 274 g/mol. The Bertz CT molecular complexity index is 538. The number of imide groups is 1. The van der Waals surface area contributed by atoms with Crippen LogP contribution in [0.5, 0.6) is 0 Å². The number of thioether (sulfide) groups is 1. The maximum Gasteiger partial charge on any atom is 0.240 e. The molecular weight excluding hydrogens is 260 g/mol. The Morgan fingerprint density at radius 3 is 2.68 bits per heavy atom. The molecule has 2 rings (SSSR count). The van der Waals surface area contributed by atoms with Crippen molar-refractivity contribution in [3.63, 3.8) is 0 Å². The van der Waals surface area contributed by atoms with Crippen LogP contribution in [0.3, 0.4) is 0 Å². The summed E-state index contributed by atoms with van der Waals surface area (Å²) in [5.74, 6) is -0.627. The Hall–Kier alpha value is -1.80. The molecule has 98 valence electrons. The Morgan fingerprint density at radius 2 is 2.11 bits per heavy atom. The smallest absolute Gasteiger partial charge is 0.240 e. The predicted octanol–water partition coefficient (Wildman–Crippen LogP) is 1.96. The van der Waals surface area contributed by atoms with Crippen molar-refractivity contribution in [2.24, 2.45) is 0 Å². The molecule has 2 unspecified atom stereocenters. The highest BCUT2D eigenvalue weighted by atomic mass is 32.2. The molecule has 0 spiro atoms. The van der Waals surface area contributed by atoms with E-state index in [-0.39, 0.29) is 11.8 Å². The first-order valence-corrected chi connectivity index (χ1v) is 6.97. The number of hydrogen-bond donors (Lipinski definition) is 1. The van der Waals surface area contributed by atoms with Crippen LogP contribution in [0.25, 0.3) is 0 Å². The van der Waals surface area contributed by atoms with E-state index in [1.807, 2.05) is 42.7 Å². The van der Waals surface area contributed by atoms with E-state index in [1.165, 1.54) is 0 Å². The molecule has 0 aliphatic carbocycles. The van der Waals surface area contributed by atoms with Crippen molar-refractivity contribution in [1.82, 2.24) is 5.32 Å². The molecule has 1 heterocycles. The van der Waals surface area contributed by atoms with Gasteiger partial charge in [-0.25, -0.2) is 0 Å². The van der Waals surface area contributed by atoms with Crippen LogP contribution in [0.1, 0.15) is 25.3 Å². The van der Waals surface area contributed by atoms with Crippen molar-refractivity contribution >= 4 is 23.6 Å². The van der Waals surface area contributed by atoms with Gasteiger partial charge in [0.2, 0.25) is 11.8 Å². The van der Waals surface area contributed by atoms with Crippen LogP contribution in [0, 0.1) is 10.7 Å². The van der Waals surface area contributed by atoms with E-state index in [9.17, 15) is 9.59 Å². The molecule has 1 aliphatic rings. The largest absolute Gasteiger partial charge is 0.295 e. The van der Waals surface area contributed by atoms with Crippen molar-refractivity contribution < 1.29 is 9.59 Å². The van der Waals surface area contributed by atoms with Gasteiger partial charge in [0.05, 0.1) is 10.7 Å². The fourth-order valence-corrected chi connectivity index (χ4v) is 3.15. The van der Waals surface area contributed by atoms with Gasteiger partial charge in [0.25, 0.3) is 0 Å². The zero-order valence-electron chi connectivity index (χ0n) is 10.6. The first kappa shape index (κ1) is 13.6. The quantitative estimate of drug-likeness (QED) is 0.675. The van der Waals surface area contributed by atoms with Gasteiger partial charge < -0.3 is 0 Å². The Labute approximate surface area is 116 Å². The normalized spacial score (nSPS) is 26.6. The second-order valence-electron chi connectivity index (χ2n) is 4.52. The van der Waals surface area contributed by atoms with Gasteiger partial charge in [-0.2, -0.15) is 5.26 Å². The van der Waals surface area contributed by atoms with E-state index in [2.05, 4.69) is 5.32 Å². The van der Waals surface area contributed by atoms with Gasteiger partial charge in [-0.05, 0) is 30.2 Å². The van der Waals surface area contributed by atoms with E-state index in [1.54, 1.807) is 0 Å². The zero-order chi connectivity index (χ0) is 13.9. The Kier molecular flexibility index (Phi) is 3.91. The number of nitriles is 1. The fourth-order valence-electron chi connectivity index (χ4n) is 2.49. The van der Waals surface area contributed by atoms with E-state index in [0.29, 0.717) is 12.8 Å². The summed E-state index contributed by atoms with van der Waals surface area (Å²) in [5, 5.41) is 12.6. The van der Waals surface area contributed by atoms with Gasteiger partial charge in [-0.15, -0.1) is 0 Å². The third kappa shape index (κ3) is 2.36. The maximum atomic E-state index is 12.3. The number of carbonyl (C=O) groups is 2. The Morgan fingerprint density at radius 1 is 1.42 bits per heavy atom. The minimum absolute atomic E-state index is 0.263. The van der Waals surface area contributed by atoms with Gasteiger partial charge in [-0.3, -0.25) is 14.9 Å². The summed E-state index contributed by atoms with van der Waals surface area (Å²) < 4.78 is 0. The molecule has 0 radical (unpaired) electrons. The van der Waals surface area contributed by atoms with Crippen molar-refractivity contribution in [1.29, 1.82) is 5.26 Å². The van der Waals surface area contributed by atoms with Gasteiger partial charge in [0.15, 0.2) is 0 Å². The van der Waals surface area contributed by atoms with Crippen LogP contribution in [0.4, 0.5) is 0 Å². The summed E-state index contributed by atoms with van der Waals surface area (Å²) in [5.41, 5.74) is 0.176. The molecule has 1 aliphatic heterocycles. The van der Waals surface area contributed by atoms with Gasteiger partial charge in [0, 0.05) is 0 Å². The Balaban J connectivity index is 2.41. The van der Waals surface area contributed by atoms with E-state index >= 15 is 0 Å². The number of benzene rings is 1. The first-order valence-electron chi connectivity index (χ1n) is 6.09. The molecule has 5 heteroatoms. The van der Waals surface area contributed by atoms with Crippen molar-refractivity contribution in [3.8, 4) is 5.40 Å². The van der Waals surface area contributed by atoms with Crippen LogP contribution in [-0.4, -0.2) is 17.1 Å². The van der Waals surface area contributed by atoms with Crippen molar-refractivity contribution in [3.05, 3.63) is 35.9 Å². The lowest BCUT2D eigenvalue weighted by atomic mass is 9.72. The highest BCUT2D eigenvalue weighted by Gasteiger charge is 2.47. The SMILES string of the molecule is CCC1(c2ccccc2)CC(SC#N)C(=O)NC1=O. The lowest BCUT2D eigenvalue weighted by Gasteiger charge is -2.37. The summed E-state index contributed by atoms with van der Waals surface area (Å²) in [6, 6.07) is 9.44. The molecule has 0 saturated carbocycles. The van der Waals surface area contributed by atoms with Gasteiger partial charge >= 0.3 is 0 Å². The number of hydrogen-bond acceptors (Lipinski definition) is 4. The number of piperidine rings is 1. The topological polar surface area (TPSA) is 70.0 Å². The van der Waals surface area contributed by atoms with E-state index < -0.39 is 10.7 Å².